The summed E-state index contributed by atoms with van der Waals surface area (Å²) < 4.78 is 67.2. The Hall–Kier alpha value is -2.59. The molecule has 29 heavy (non-hydrogen) atoms. The number of halogens is 3. The van der Waals surface area contributed by atoms with Gasteiger partial charge < -0.3 is 10.1 Å². The fraction of sp³-hybridized carbons (Fsp3) is 0.316. The first-order valence-electron chi connectivity index (χ1n) is 8.87. The lowest BCUT2D eigenvalue weighted by Gasteiger charge is -2.31. The first-order valence-corrected chi connectivity index (χ1v) is 10.3. The molecule has 1 atom stereocenters. The lowest BCUT2D eigenvalue weighted by molar-refractivity contribution is -0.274. The smallest absolute Gasteiger partial charge is 0.406 e. The van der Waals surface area contributed by atoms with E-state index in [0.29, 0.717) is 25.1 Å². The number of alkyl halides is 3. The number of rotatable bonds is 5. The first-order chi connectivity index (χ1) is 13.6. The van der Waals surface area contributed by atoms with E-state index in [1.54, 1.807) is 18.2 Å². The molecule has 1 heterocycles. The number of anilines is 1. The Morgan fingerprint density at radius 2 is 1.72 bits per heavy atom. The van der Waals surface area contributed by atoms with Gasteiger partial charge in [-0.1, -0.05) is 18.2 Å². The number of carbonyl (C=O) groups excluding carboxylic acids is 1. The predicted molar refractivity (Wildman–Crippen MR) is 99.7 cm³/mol. The fourth-order valence-corrected chi connectivity index (χ4v) is 4.65. The topological polar surface area (TPSA) is 75.7 Å². The number of piperidine rings is 1. The van der Waals surface area contributed by atoms with Gasteiger partial charge in [-0.05, 0) is 49.2 Å². The third kappa shape index (κ3) is 5.48. The van der Waals surface area contributed by atoms with Crippen LogP contribution in [0.3, 0.4) is 0 Å². The van der Waals surface area contributed by atoms with Crippen LogP contribution in [-0.4, -0.2) is 38.1 Å². The van der Waals surface area contributed by atoms with Gasteiger partial charge in [0.25, 0.3) is 0 Å². The normalized spacial score (nSPS) is 18.2. The van der Waals surface area contributed by atoms with E-state index in [1.807, 2.05) is 0 Å². The molecule has 6 nitrogen and oxygen atoms in total. The molecule has 0 bridgehead atoms. The van der Waals surface area contributed by atoms with E-state index in [-0.39, 0.29) is 17.3 Å². The molecule has 0 unspecified atom stereocenters. The van der Waals surface area contributed by atoms with Gasteiger partial charge in [0, 0.05) is 18.8 Å². The number of amides is 1. The summed E-state index contributed by atoms with van der Waals surface area (Å²) in [6, 6.07) is 12.8. The van der Waals surface area contributed by atoms with Crippen molar-refractivity contribution >= 4 is 21.6 Å². The van der Waals surface area contributed by atoms with Gasteiger partial charge in [0.1, 0.15) is 5.75 Å². The number of hydrogen-bond acceptors (Lipinski definition) is 4. The molecule has 1 fully saturated rings. The average Bonchev–Trinajstić information content (AvgIpc) is 2.69. The highest BCUT2D eigenvalue weighted by Gasteiger charge is 2.33. The molecule has 1 saturated heterocycles. The van der Waals surface area contributed by atoms with Gasteiger partial charge in [0.05, 0.1) is 10.8 Å². The maximum atomic E-state index is 12.8. The molecule has 1 N–H and O–H groups in total. The summed E-state index contributed by atoms with van der Waals surface area (Å²) in [5, 5.41) is 2.62. The minimum absolute atomic E-state index is 0.0400. The second-order valence-corrected chi connectivity index (χ2v) is 8.51. The predicted octanol–water partition coefficient (Wildman–Crippen LogP) is 3.62. The Morgan fingerprint density at radius 3 is 2.34 bits per heavy atom. The lowest BCUT2D eigenvalue weighted by Crippen LogP contribution is -2.43. The number of nitrogens with zero attached hydrogens (tertiary/aromatic N) is 1. The summed E-state index contributed by atoms with van der Waals surface area (Å²) in [7, 11) is -3.69. The highest BCUT2D eigenvalue weighted by Crippen LogP contribution is 2.26. The molecule has 2 aromatic carbocycles. The van der Waals surface area contributed by atoms with Crippen molar-refractivity contribution in [2.75, 3.05) is 18.4 Å². The number of carbonyl (C=O) groups is 1. The van der Waals surface area contributed by atoms with Crippen molar-refractivity contribution in [1.82, 2.24) is 4.31 Å². The molecule has 1 amide bonds. The summed E-state index contributed by atoms with van der Waals surface area (Å²) in [6.45, 7) is 0.364. The summed E-state index contributed by atoms with van der Waals surface area (Å²) >= 11 is 0. The highest BCUT2D eigenvalue weighted by atomic mass is 32.2. The van der Waals surface area contributed by atoms with Crippen molar-refractivity contribution in [3.8, 4) is 5.75 Å². The first kappa shape index (κ1) is 21.1. The number of hydrogen-bond donors (Lipinski definition) is 1. The van der Waals surface area contributed by atoms with Gasteiger partial charge in [0.2, 0.25) is 15.9 Å². The van der Waals surface area contributed by atoms with Crippen LogP contribution in [-0.2, 0) is 14.8 Å². The minimum Gasteiger partial charge on any atom is -0.406 e. The Morgan fingerprint density at radius 1 is 1.07 bits per heavy atom. The Balaban J connectivity index is 1.64. The monoisotopic (exact) mass is 428 g/mol. The van der Waals surface area contributed by atoms with Crippen molar-refractivity contribution in [1.29, 1.82) is 0 Å². The van der Waals surface area contributed by atoms with E-state index in [9.17, 15) is 26.4 Å². The number of nitrogens with one attached hydrogen (secondary N) is 1. The molecular formula is C19H19F3N2O4S. The molecule has 3 rings (SSSR count). The highest BCUT2D eigenvalue weighted by molar-refractivity contribution is 7.89. The van der Waals surface area contributed by atoms with Crippen LogP contribution < -0.4 is 10.1 Å². The molecule has 1 aliphatic rings. The van der Waals surface area contributed by atoms with Crippen molar-refractivity contribution in [2.24, 2.45) is 5.92 Å². The van der Waals surface area contributed by atoms with E-state index in [0.717, 1.165) is 12.1 Å². The van der Waals surface area contributed by atoms with Gasteiger partial charge in [-0.2, -0.15) is 4.31 Å². The second kappa shape index (κ2) is 8.42. The van der Waals surface area contributed by atoms with Crippen LogP contribution in [0.5, 0.6) is 5.75 Å². The number of benzene rings is 2. The maximum Gasteiger partial charge on any atom is 0.573 e. The zero-order valence-electron chi connectivity index (χ0n) is 15.2. The average molecular weight is 428 g/mol. The minimum atomic E-state index is -4.79. The molecule has 0 aromatic heterocycles. The standard InChI is InChI=1S/C19H19F3N2O4S/c20-19(21,22)28-16-10-8-15(9-11-16)23-18(25)14-5-4-12-24(13-14)29(26,27)17-6-2-1-3-7-17/h1-3,6-11,14H,4-5,12-13H2,(H,23,25)/t14-/m1/s1. The molecule has 10 heteroatoms. The van der Waals surface area contributed by atoms with E-state index < -0.39 is 28.1 Å². The van der Waals surface area contributed by atoms with Crippen molar-refractivity contribution in [3.05, 3.63) is 54.6 Å². The second-order valence-electron chi connectivity index (χ2n) is 6.58. The van der Waals surface area contributed by atoms with Crippen molar-refractivity contribution < 1.29 is 31.1 Å². The van der Waals surface area contributed by atoms with Gasteiger partial charge in [0.15, 0.2) is 0 Å². The van der Waals surface area contributed by atoms with Crippen molar-refractivity contribution in [3.63, 3.8) is 0 Å². The quantitative estimate of drug-likeness (QED) is 0.789. The molecular weight excluding hydrogens is 409 g/mol. The largest absolute Gasteiger partial charge is 0.573 e. The van der Waals surface area contributed by atoms with Gasteiger partial charge in [-0.3, -0.25) is 4.79 Å². The van der Waals surface area contributed by atoms with E-state index in [1.165, 1.54) is 28.6 Å². The van der Waals surface area contributed by atoms with Crippen LogP contribution in [0, 0.1) is 5.92 Å². The molecule has 2 aromatic rings. The Labute approximate surface area is 166 Å². The van der Waals surface area contributed by atoms with Crippen LogP contribution in [0.15, 0.2) is 59.5 Å². The van der Waals surface area contributed by atoms with Crippen LogP contribution in [0.1, 0.15) is 12.8 Å². The van der Waals surface area contributed by atoms with Gasteiger partial charge in [-0.25, -0.2) is 8.42 Å². The van der Waals surface area contributed by atoms with Crippen LogP contribution in [0.4, 0.5) is 18.9 Å². The SMILES string of the molecule is O=C(Nc1ccc(OC(F)(F)F)cc1)[C@@H]1CCCN(S(=O)(=O)c2ccccc2)C1. The van der Waals surface area contributed by atoms with Crippen LogP contribution in [0.25, 0.3) is 0 Å². The summed E-state index contributed by atoms with van der Waals surface area (Å²) in [5.41, 5.74) is 0.299. The number of sulfonamides is 1. The summed E-state index contributed by atoms with van der Waals surface area (Å²) in [6.07, 6.45) is -3.75. The fourth-order valence-electron chi connectivity index (χ4n) is 3.10. The molecule has 0 radical (unpaired) electrons. The Bertz CT molecular complexity index is 948. The molecule has 0 spiro atoms. The Kier molecular flexibility index (Phi) is 6.13. The van der Waals surface area contributed by atoms with Gasteiger partial charge in [-0.15, -0.1) is 13.2 Å². The summed E-state index contributed by atoms with van der Waals surface area (Å²) in [5.74, 6) is -1.34. The third-order valence-corrected chi connectivity index (χ3v) is 6.37. The van der Waals surface area contributed by atoms with E-state index in [4.69, 9.17) is 0 Å². The lowest BCUT2D eigenvalue weighted by atomic mass is 9.99. The summed E-state index contributed by atoms with van der Waals surface area (Å²) in [4.78, 5) is 12.7. The zero-order valence-corrected chi connectivity index (χ0v) is 16.0. The van der Waals surface area contributed by atoms with Crippen molar-refractivity contribution in [2.45, 2.75) is 24.1 Å². The maximum absolute atomic E-state index is 12.8. The zero-order chi connectivity index (χ0) is 21.1. The van der Waals surface area contributed by atoms with Gasteiger partial charge >= 0.3 is 6.36 Å². The molecule has 0 saturated carbocycles. The van der Waals surface area contributed by atoms with E-state index in [2.05, 4.69) is 10.1 Å². The number of ether oxygens (including phenoxy) is 1. The third-order valence-electron chi connectivity index (χ3n) is 4.49. The van der Waals surface area contributed by atoms with E-state index >= 15 is 0 Å². The molecule has 0 aliphatic carbocycles. The molecule has 156 valence electrons. The van der Waals surface area contributed by atoms with Crippen LogP contribution in [0.2, 0.25) is 0 Å². The van der Waals surface area contributed by atoms with Crippen LogP contribution >= 0.6 is 0 Å². The molecule has 1 aliphatic heterocycles.